The number of hydrogen-bond donors (Lipinski definition) is 3. The summed E-state index contributed by atoms with van der Waals surface area (Å²) in [5, 5.41) is 3.41. The highest BCUT2D eigenvalue weighted by atomic mass is 32.3. The summed E-state index contributed by atoms with van der Waals surface area (Å²) in [4.78, 5) is 30.4. The highest BCUT2D eigenvalue weighted by molar-refractivity contribution is 7.80. The van der Waals surface area contributed by atoms with E-state index in [2.05, 4.69) is 9.60 Å². The third-order valence-electron chi connectivity index (χ3n) is 4.77. The lowest BCUT2D eigenvalue weighted by Gasteiger charge is -2.39. The lowest BCUT2D eigenvalue weighted by molar-refractivity contribution is -1.06. The van der Waals surface area contributed by atoms with E-state index in [0.717, 1.165) is 0 Å². The van der Waals surface area contributed by atoms with Gasteiger partial charge in [0.1, 0.15) is 18.8 Å². The Morgan fingerprint density at radius 3 is 2.72 bits per heavy atom. The number of carbonyl (C=O) groups excluding carboxylic acids is 2. The molecule has 0 spiro atoms. The minimum atomic E-state index is -4.95. The second kappa shape index (κ2) is 6.41. The predicted octanol–water partition coefficient (Wildman–Crippen LogP) is -1.38. The number of piperidine rings is 2. The van der Waals surface area contributed by atoms with Crippen LogP contribution in [0.1, 0.15) is 19.3 Å². The van der Waals surface area contributed by atoms with Gasteiger partial charge >= 0.3 is 16.4 Å². The van der Waals surface area contributed by atoms with Crippen molar-refractivity contribution in [2.24, 2.45) is 5.73 Å². The van der Waals surface area contributed by atoms with Crippen LogP contribution in [-0.4, -0.2) is 78.6 Å². The molecule has 11 nitrogen and oxygen atoms in total. The Morgan fingerprint density at radius 2 is 2.12 bits per heavy atom. The van der Waals surface area contributed by atoms with Crippen LogP contribution in [0.4, 0.5) is 9.18 Å². The fraction of sp³-hybridized carbons (Fsp3) is 0.833. The Balaban J connectivity index is 1.93. The van der Waals surface area contributed by atoms with Crippen LogP contribution in [-0.2, 0) is 24.3 Å². The minimum Gasteiger partial charge on any atom is -0.364 e. The standard InChI is InChI=1S/C12H19FN4O7S/c13-8-3-4-15-5-10(8)23-17-6-7(1-2-9(17)11(14)18)16(12(17)19)24-25(20,21)22/h7-10,15H,1-6H2,(H2-,14,18,20,21,22)/p+1/t7-,8?,9+,10?,17?/m1/s1. The van der Waals surface area contributed by atoms with Crippen LogP contribution in [0.2, 0.25) is 0 Å². The number of fused-ring (bicyclic) bond motifs is 2. The largest absolute Gasteiger partial charge is 0.477 e. The average molecular weight is 383 g/mol. The molecule has 0 aromatic rings. The van der Waals surface area contributed by atoms with Crippen LogP contribution >= 0.6 is 0 Å². The monoisotopic (exact) mass is 383 g/mol. The first-order chi connectivity index (χ1) is 11.6. The molecule has 3 rings (SSSR count). The van der Waals surface area contributed by atoms with Gasteiger partial charge in [-0.1, -0.05) is 4.65 Å². The molecule has 3 heterocycles. The zero-order valence-corrected chi connectivity index (χ0v) is 14.0. The third kappa shape index (κ3) is 3.35. The first-order valence-electron chi connectivity index (χ1n) is 7.85. The van der Waals surface area contributed by atoms with Crippen molar-refractivity contribution in [2.45, 2.75) is 43.6 Å². The number of hydrogen-bond acceptors (Lipinski definition) is 7. The molecule has 0 radical (unpaired) electrons. The normalized spacial score (nSPS) is 38.8. The molecule has 3 amide bonds. The number of hydroxylamine groups is 5. The quantitative estimate of drug-likeness (QED) is 0.389. The molecular formula is C12H20FN4O7S+. The second-order valence-electron chi connectivity index (χ2n) is 6.39. The van der Waals surface area contributed by atoms with E-state index in [0.29, 0.717) is 11.6 Å². The highest BCUT2D eigenvalue weighted by Crippen LogP contribution is 2.39. The molecule has 0 aromatic carbocycles. The maximum absolute atomic E-state index is 14.2. The van der Waals surface area contributed by atoms with Crippen LogP contribution in [0.15, 0.2) is 0 Å². The summed E-state index contributed by atoms with van der Waals surface area (Å²) in [7, 11) is -4.95. The van der Waals surface area contributed by atoms with Gasteiger partial charge in [-0.3, -0.25) is 9.35 Å². The van der Waals surface area contributed by atoms with Crippen LogP contribution in [0.5, 0.6) is 0 Å². The molecule has 5 atom stereocenters. The Bertz CT molecular complexity index is 676. The molecule has 142 valence electrons. The minimum absolute atomic E-state index is 0.129. The van der Waals surface area contributed by atoms with Gasteiger partial charge in [0.25, 0.3) is 5.91 Å². The van der Waals surface area contributed by atoms with Crippen LogP contribution in [0.3, 0.4) is 0 Å². The number of urea groups is 1. The number of nitrogens with zero attached hydrogens (tertiary/aromatic N) is 2. The summed E-state index contributed by atoms with van der Waals surface area (Å²) in [6, 6.07) is -2.87. The molecule has 4 N–H and O–H groups in total. The summed E-state index contributed by atoms with van der Waals surface area (Å²) in [5.74, 6) is -0.820. The molecular weight excluding hydrogens is 363 g/mol. The summed E-state index contributed by atoms with van der Waals surface area (Å²) in [5.41, 5.74) is 5.39. The van der Waals surface area contributed by atoms with Crippen molar-refractivity contribution in [3.63, 3.8) is 0 Å². The van der Waals surface area contributed by atoms with E-state index in [-0.39, 0.29) is 32.4 Å². The molecule has 3 aliphatic heterocycles. The number of halogens is 1. The van der Waals surface area contributed by atoms with E-state index in [4.69, 9.17) is 15.1 Å². The van der Waals surface area contributed by atoms with Gasteiger partial charge in [-0.25, -0.2) is 9.18 Å². The lowest BCUT2D eigenvalue weighted by atomic mass is 9.99. The molecule has 0 aliphatic carbocycles. The predicted molar refractivity (Wildman–Crippen MR) is 78.3 cm³/mol. The number of primary amides is 1. The number of nitrogens with two attached hydrogens (primary N) is 1. The maximum Gasteiger partial charge on any atom is 0.477 e. The average Bonchev–Trinajstić information content (AvgIpc) is 2.70. The van der Waals surface area contributed by atoms with Gasteiger partial charge < -0.3 is 11.1 Å². The number of quaternary nitrogens is 1. The number of alkyl halides is 1. The van der Waals surface area contributed by atoms with Crippen molar-refractivity contribution in [2.75, 3.05) is 19.6 Å². The van der Waals surface area contributed by atoms with Crippen molar-refractivity contribution in [3.8, 4) is 0 Å². The zero-order valence-electron chi connectivity index (χ0n) is 13.2. The fourth-order valence-corrected chi connectivity index (χ4v) is 4.05. The van der Waals surface area contributed by atoms with Crippen LogP contribution in [0, 0.1) is 0 Å². The summed E-state index contributed by atoms with van der Waals surface area (Å²) < 4.78 is 48.5. The molecule has 0 aromatic heterocycles. The van der Waals surface area contributed by atoms with Crippen molar-refractivity contribution >= 4 is 22.3 Å². The molecule has 0 saturated carbocycles. The van der Waals surface area contributed by atoms with Gasteiger partial charge in [-0.15, -0.1) is 9.35 Å². The van der Waals surface area contributed by atoms with E-state index in [1.807, 2.05) is 0 Å². The first-order valence-corrected chi connectivity index (χ1v) is 9.21. The molecule has 25 heavy (non-hydrogen) atoms. The van der Waals surface area contributed by atoms with Gasteiger partial charge in [0, 0.05) is 13.0 Å². The number of carbonyl (C=O) groups is 2. The molecule has 2 bridgehead atoms. The lowest BCUT2D eigenvalue weighted by Crippen LogP contribution is -2.66. The van der Waals surface area contributed by atoms with E-state index in [1.165, 1.54) is 0 Å². The second-order valence-corrected chi connectivity index (χ2v) is 7.40. The topological polar surface area (TPSA) is 148 Å². The number of amides is 3. The Morgan fingerprint density at radius 1 is 1.40 bits per heavy atom. The molecule has 3 fully saturated rings. The molecule has 3 saturated heterocycles. The fourth-order valence-electron chi connectivity index (χ4n) is 3.66. The SMILES string of the molecule is NC(=O)[C@@H]1CC[C@@H]2C[N+]1(OC1CNCCC1F)C(=O)N2OS(=O)(=O)O. The summed E-state index contributed by atoms with van der Waals surface area (Å²) >= 11 is 0. The van der Waals surface area contributed by atoms with Gasteiger partial charge in [-0.2, -0.15) is 13.3 Å². The van der Waals surface area contributed by atoms with Gasteiger partial charge in [0.2, 0.25) is 6.04 Å². The summed E-state index contributed by atoms with van der Waals surface area (Å²) in [6.45, 7) is 0.448. The van der Waals surface area contributed by atoms with E-state index in [9.17, 15) is 22.4 Å². The van der Waals surface area contributed by atoms with Crippen molar-refractivity contribution in [1.29, 1.82) is 0 Å². The van der Waals surface area contributed by atoms with Crippen molar-refractivity contribution in [1.82, 2.24) is 10.4 Å². The van der Waals surface area contributed by atoms with E-state index in [1.54, 1.807) is 0 Å². The third-order valence-corrected chi connectivity index (χ3v) is 5.12. The van der Waals surface area contributed by atoms with E-state index >= 15 is 0 Å². The zero-order chi connectivity index (χ0) is 18.4. The molecule has 3 unspecified atom stereocenters. The van der Waals surface area contributed by atoms with Gasteiger partial charge in [0.15, 0.2) is 6.10 Å². The maximum atomic E-state index is 14.2. The van der Waals surface area contributed by atoms with Gasteiger partial charge in [-0.05, 0) is 19.4 Å². The Kier molecular flexibility index (Phi) is 4.72. The van der Waals surface area contributed by atoms with Gasteiger partial charge in [0.05, 0.1) is 0 Å². The van der Waals surface area contributed by atoms with Crippen molar-refractivity contribution in [3.05, 3.63) is 0 Å². The van der Waals surface area contributed by atoms with Crippen molar-refractivity contribution < 1.29 is 40.7 Å². The number of rotatable bonds is 5. The highest BCUT2D eigenvalue weighted by Gasteiger charge is 2.66. The Hall–Kier alpha value is -1.38. The molecule has 13 heteroatoms. The number of nitrogens with one attached hydrogen (secondary N) is 1. The molecule has 3 aliphatic rings. The summed E-state index contributed by atoms with van der Waals surface area (Å²) in [6.07, 6.45) is -1.83. The van der Waals surface area contributed by atoms with E-state index < -0.39 is 51.3 Å². The van der Waals surface area contributed by atoms with Crippen LogP contribution in [0.25, 0.3) is 0 Å². The smallest absolute Gasteiger partial charge is 0.364 e. The Labute approximate surface area is 143 Å². The first kappa shape index (κ1) is 18.4. The van der Waals surface area contributed by atoms with Crippen LogP contribution < -0.4 is 11.1 Å².